The molecule has 0 atom stereocenters. The molecule has 3 aromatic rings. The largest absolute Gasteiger partial charge is 0.369 e. The highest BCUT2D eigenvalue weighted by atomic mass is 32.2. The van der Waals surface area contributed by atoms with E-state index < -0.39 is 9.84 Å². The molecule has 0 radical (unpaired) electrons. The minimum atomic E-state index is -2.86. The van der Waals surface area contributed by atoms with Crippen LogP contribution in [0, 0.1) is 0 Å². The molecule has 0 amide bonds. The maximum atomic E-state index is 11.6. The average Bonchev–Trinajstić information content (AvgIpc) is 3.05. The summed E-state index contributed by atoms with van der Waals surface area (Å²) in [6, 6.07) is 12.6. The van der Waals surface area contributed by atoms with Gasteiger partial charge in [-0.1, -0.05) is 18.6 Å². The van der Waals surface area contributed by atoms with Gasteiger partial charge < -0.3 is 4.90 Å². The summed E-state index contributed by atoms with van der Waals surface area (Å²) in [7, 11) is -2.86. The molecule has 2 fully saturated rings. The van der Waals surface area contributed by atoms with Crippen LogP contribution in [-0.2, 0) is 15.3 Å². The van der Waals surface area contributed by atoms with E-state index in [9.17, 15) is 8.42 Å². The van der Waals surface area contributed by atoms with E-state index in [1.54, 1.807) is 6.20 Å². The summed E-state index contributed by atoms with van der Waals surface area (Å²) in [6.45, 7) is 1.15. The lowest BCUT2D eigenvalue weighted by Gasteiger charge is -2.41. The standard InChI is InChI=1S/C20H22N4O2S/c25-27(26)13-11-23(12-14-27)17-5-3-16(4-6-17)20(7-1-8-20)18-15-19-21-9-2-10-24(19)22-18/h2-6,9-10,15H,1,7-8,11-14H2. The second-order valence-electron chi connectivity index (χ2n) is 7.57. The van der Waals surface area contributed by atoms with Gasteiger partial charge in [-0.05, 0) is 36.6 Å². The quantitative estimate of drug-likeness (QED) is 0.696. The summed E-state index contributed by atoms with van der Waals surface area (Å²) in [5, 5.41) is 4.79. The van der Waals surface area contributed by atoms with E-state index in [0.29, 0.717) is 13.1 Å². The molecule has 0 bridgehead atoms. The monoisotopic (exact) mass is 382 g/mol. The predicted octanol–water partition coefficient (Wildman–Crippen LogP) is 2.43. The van der Waals surface area contributed by atoms with Gasteiger partial charge in [-0.2, -0.15) is 5.10 Å². The Balaban J connectivity index is 1.44. The van der Waals surface area contributed by atoms with Crippen LogP contribution in [0.25, 0.3) is 5.65 Å². The first-order valence-electron chi connectivity index (χ1n) is 9.43. The zero-order valence-electron chi connectivity index (χ0n) is 15.1. The number of anilines is 1. The molecular weight excluding hydrogens is 360 g/mol. The first-order valence-corrected chi connectivity index (χ1v) is 11.2. The van der Waals surface area contributed by atoms with Crippen molar-refractivity contribution in [1.29, 1.82) is 0 Å². The number of rotatable bonds is 3. The van der Waals surface area contributed by atoms with Gasteiger partial charge in [-0.15, -0.1) is 0 Å². The van der Waals surface area contributed by atoms with Gasteiger partial charge in [-0.25, -0.2) is 17.9 Å². The van der Waals surface area contributed by atoms with Crippen LogP contribution in [-0.4, -0.2) is 47.6 Å². The minimum absolute atomic E-state index is 0.0303. The Hall–Kier alpha value is -2.41. The van der Waals surface area contributed by atoms with Crippen molar-refractivity contribution >= 4 is 21.2 Å². The van der Waals surface area contributed by atoms with E-state index in [2.05, 4.69) is 40.2 Å². The molecule has 2 aliphatic rings. The van der Waals surface area contributed by atoms with E-state index >= 15 is 0 Å². The molecule has 1 saturated carbocycles. The SMILES string of the molecule is O=S1(=O)CCN(c2ccc(C3(c4cc5ncccn5n4)CCC3)cc2)CC1. The highest BCUT2D eigenvalue weighted by molar-refractivity contribution is 7.91. The van der Waals surface area contributed by atoms with Crippen LogP contribution >= 0.6 is 0 Å². The van der Waals surface area contributed by atoms with Crippen LogP contribution in [0.1, 0.15) is 30.5 Å². The highest BCUT2D eigenvalue weighted by Crippen LogP contribution is 2.48. The molecule has 5 rings (SSSR count). The summed E-state index contributed by atoms with van der Waals surface area (Å²) in [4.78, 5) is 6.56. The summed E-state index contributed by atoms with van der Waals surface area (Å²) >= 11 is 0. The van der Waals surface area contributed by atoms with Crippen molar-refractivity contribution in [1.82, 2.24) is 14.6 Å². The van der Waals surface area contributed by atoms with E-state index in [0.717, 1.165) is 29.9 Å². The number of fused-ring (bicyclic) bond motifs is 1. The van der Waals surface area contributed by atoms with Gasteiger partial charge in [0, 0.05) is 42.7 Å². The lowest BCUT2D eigenvalue weighted by molar-refractivity contribution is 0.293. The Bertz CT molecular complexity index is 1040. The van der Waals surface area contributed by atoms with Gasteiger partial charge in [0.2, 0.25) is 0 Å². The molecular formula is C20H22N4O2S. The van der Waals surface area contributed by atoms with E-state index in [1.807, 2.05) is 16.8 Å². The third kappa shape index (κ3) is 2.81. The van der Waals surface area contributed by atoms with E-state index in [1.165, 1.54) is 12.0 Å². The number of sulfone groups is 1. The zero-order valence-corrected chi connectivity index (χ0v) is 15.9. The zero-order chi connectivity index (χ0) is 18.5. The molecule has 6 nitrogen and oxygen atoms in total. The third-order valence-electron chi connectivity index (χ3n) is 6.06. The second kappa shape index (κ2) is 6.05. The topological polar surface area (TPSA) is 67.6 Å². The predicted molar refractivity (Wildman–Crippen MR) is 105 cm³/mol. The van der Waals surface area contributed by atoms with Crippen LogP contribution in [0.15, 0.2) is 48.8 Å². The molecule has 0 N–H and O–H groups in total. The Morgan fingerprint density at radius 1 is 1.04 bits per heavy atom. The lowest BCUT2D eigenvalue weighted by Crippen LogP contribution is -2.40. The van der Waals surface area contributed by atoms with Crippen LogP contribution in [0.4, 0.5) is 5.69 Å². The van der Waals surface area contributed by atoms with Gasteiger partial charge in [-0.3, -0.25) is 0 Å². The maximum Gasteiger partial charge on any atom is 0.155 e. The molecule has 27 heavy (non-hydrogen) atoms. The van der Waals surface area contributed by atoms with Crippen molar-refractivity contribution in [2.75, 3.05) is 29.5 Å². The molecule has 1 aliphatic carbocycles. The highest BCUT2D eigenvalue weighted by Gasteiger charge is 2.42. The Kier molecular flexibility index (Phi) is 3.75. The summed E-state index contributed by atoms with van der Waals surface area (Å²) in [6.07, 6.45) is 7.12. The van der Waals surface area contributed by atoms with Crippen LogP contribution in [0.5, 0.6) is 0 Å². The van der Waals surface area contributed by atoms with Gasteiger partial charge in [0.1, 0.15) is 0 Å². The number of hydrogen-bond acceptors (Lipinski definition) is 5. The normalized spacial score (nSPS) is 21.1. The Labute approximate surface area is 158 Å². The van der Waals surface area contributed by atoms with Crippen LogP contribution < -0.4 is 4.90 Å². The van der Waals surface area contributed by atoms with E-state index in [-0.39, 0.29) is 16.9 Å². The number of nitrogens with zero attached hydrogens (tertiary/aromatic N) is 4. The maximum absolute atomic E-state index is 11.6. The van der Waals surface area contributed by atoms with Gasteiger partial charge >= 0.3 is 0 Å². The summed E-state index contributed by atoms with van der Waals surface area (Å²) in [5.74, 6) is 0.486. The van der Waals surface area contributed by atoms with Crippen molar-refractivity contribution < 1.29 is 8.42 Å². The third-order valence-corrected chi connectivity index (χ3v) is 7.67. The fourth-order valence-electron chi connectivity index (χ4n) is 4.25. The molecule has 2 aromatic heterocycles. The van der Waals surface area contributed by atoms with Gasteiger partial charge in [0.25, 0.3) is 0 Å². The molecule has 3 heterocycles. The fraction of sp³-hybridized carbons (Fsp3) is 0.400. The lowest BCUT2D eigenvalue weighted by atomic mass is 9.62. The molecule has 0 spiro atoms. The van der Waals surface area contributed by atoms with Crippen molar-refractivity contribution in [3.8, 4) is 0 Å². The minimum Gasteiger partial charge on any atom is -0.369 e. The van der Waals surface area contributed by atoms with Crippen molar-refractivity contribution in [2.45, 2.75) is 24.7 Å². The molecule has 140 valence electrons. The molecule has 1 aromatic carbocycles. The smallest absolute Gasteiger partial charge is 0.155 e. The summed E-state index contributed by atoms with van der Waals surface area (Å²) < 4.78 is 25.1. The fourth-order valence-corrected chi connectivity index (χ4v) is 5.45. The first kappa shape index (κ1) is 16.7. The molecule has 0 unspecified atom stereocenters. The molecule has 1 saturated heterocycles. The van der Waals surface area contributed by atoms with E-state index in [4.69, 9.17) is 5.10 Å². The Morgan fingerprint density at radius 3 is 2.41 bits per heavy atom. The number of benzene rings is 1. The van der Waals surface area contributed by atoms with Gasteiger partial charge in [0.05, 0.1) is 17.2 Å². The van der Waals surface area contributed by atoms with Crippen LogP contribution in [0.3, 0.4) is 0 Å². The second-order valence-corrected chi connectivity index (χ2v) is 9.88. The Morgan fingerprint density at radius 2 is 1.78 bits per heavy atom. The molecule has 1 aliphatic heterocycles. The summed E-state index contributed by atoms with van der Waals surface area (Å²) in [5.41, 5.74) is 4.32. The first-order chi connectivity index (χ1) is 13.1. The number of aromatic nitrogens is 3. The van der Waals surface area contributed by atoms with Crippen molar-refractivity contribution in [3.05, 3.63) is 60.0 Å². The van der Waals surface area contributed by atoms with Crippen molar-refractivity contribution in [2.24, 2.45) is 0 Å². The van der Waals surface area contributed by atoms with Crippen LogP contribution in [0.2, 0.25) is 0 Å². The van der Waals surface area contributed by atoms with Crippen molar-refractivity contribution in [3.63, 3.8) is 0 Å². The average molecular weight is 382 g/mol. The number of hydrogen-bond donors (Lipinski definition) is 0. The van der Waals surface area contributed by atoms with Gasteiger partial charge in [0.15, 0.2) is 15.5 Å². The molecule has 7 heteroatoms.